The van der Waals surface area contributed by atoms with Crippen molar-refractivity contribution in [3.63, 3.8) is 0 Å². The summed E-state index contributed by atoms with van der Waals surface area (Å²) in [4.78, 5) is 25.5. The highest BCUT2D eigenvalue weighted by atomic mass is 16.5. The molecule has 2 aromatic rings. The maximum Gasteiger partial charge on any atom is 0.274 e. The van der Waals surface area contributed by atoms with E-state index in [0.29, 0.717) is 13.2 Å². The van der Waals surface area contributed by atoms with E-state index in [1.807, 2.05) is 25.1 Å². The Morgan fingerprint density at radius 3 is 2.79 bits per heavy atom. The van der Waals surface area contributed by atoms with Crippen LogP contribution in [0.15, 0.2) is 47.3 Å². The van der Waals surface area contributed by atoms with Crippen LogP contribution in [0.1, 0.15) is 29.4 Å². The summed E-state index contributed by atoms with van der Waals surface area (Å²) in [7, 11) is 0. The van der Waals surface area contributed by atoms with Crippen LogP contribution < -0.4 is 5.56 Å². The summed E-state index contributed by atoms with van der Waals surface area (Å²) in [5.41, 5.74) is 1.20. The SMILES string of the molecule is CC1COC(CCc2ccccc2)CN1C(=O)c1ccc(=O)[nH]n1. The van der Waals surface area contributed by atoms with Gasteiger partial charge < -0.3 is 9.64 Å². The Hall–Kier alpha value is -2.47. The fourth-order valence-corrected chi connectivity index (χ4v) is 2.86. The third-order valence-corrected chi connectivity index (χ3v) is 4.26. The topological polar surface area (TPSA) is 75.3 Å². The fourth-order valence-electron chi connectivity index (χ4n) is 2.86. The smallest absolute Gasteiger partial charge is 0.274 e. The van der Waals surface area contributed by atoms with E-state index in [4.69, 9.17) is 4.74 Å². The van der Waals surface area contributed by atoms with Crippen LogP contribution in [-0.4, -0.2) is 46.3 Å². The van der Waals surface area contributed by atoms with E-state index in [9.17, 15) is 9.59 Å². The monoisotopic (exact) mass is 327 g/mol. The Bertz CT molecular complexity index is 724. The molecule has 1 fully saturated rings. The second kappa shape index (κ2) is 7.40. The average Bonchev–Trinajstić information content (AvgIpc) is 2.62. The molecule has 0 aliphatic carbocycles. The van der Waals surface area contributed by atoms with Gasteiger partial charge >= 0.3 is 0 Å². The molecule has 2 atom stereocenters. The quantitative estimate of drug-likeness (QED) is 0.926. The molecule has 1 aliphatic rings. The molecule has 0 bridgehead atoms. The van der Waals surface area contributed by atoms with Crippen molar-refractivity contribution in [3.8, 4) is 0 Å². The van der Waals surface area contributed by atoms with Crippen LogP contribution in [0.2, 0.25) is 0 Å². The van der Waals surface area contributed by atoms with Gasteiger partial charge in [0.25, 0.3) is 11.5 Å². The molecule has 1 aliphatic heterocycles. The van der Waals surface area contributed by atoms with Crippen molar-refractivity contribution in [2.75, 3.05) is 13.2 Å². The Labute approximate surface area is 140 Å². The number of benzene rings is 1. The highest BCUT2D eigenvalue weighted by Crippen LogP contribution is 2.18. The van der Waals surface area contributed by atoms with Crippen molar-refractivity contribution in [3.05, 3.63) is 64.1 Å². The van der Waals surface area contributed by atoms with E-state index >= 15 is 0 Å². The summed E-state index contributed by atoms with van der Waals surface area (Å²) in [6.07, 6.45) is 1.78. The summed E-state index contributed by atoms with van der Waals surface area (Å²) in [5.74, 6) is -0.174. The highest BCUT2D eigenvalue weighted by Gasteiger charge is 2.30. The molecule has 126 valence electrons. The lowest BCUT2D eigenvalue weighted by molar-refractivity contribution is -0.0499. The normalized spacial score (nSPS) is 20.8. The first kappa shape index (κ1) is 16.4. The lowest BCUT2D eigenvalue weighted by atomic mass is 10.0. The molecule has 1 amide bonds. The molecule has 1 aromatic heterocycles. The van der Waals surface area contributed by atoms with Crippen molar-refractivity contribution in [1.82, 2.24) is 15.1 Å². The van der Waals surface area contributed by atoms with Gasteiger partial charge in [-0.25, -0.2) is 5.10 Å². The average molecular weight is 327 g/mol. The number of morpholine rings is 1. The van der Waals surface area contributed by atoms with Gasteiger partial charge in [-0.2, -0.15) is 5.10 Å². The second-order valence-electron chi connectivity index (χ2n) is 6.09. The van der Waals surface area contributed by atoms with E-state index in [1.54, 1.807) is 4.90 Å². The Balaban J connectivity index is 1.63. The molecule has 0 saturated carbocycles. The van der Waals surface area contributed by atoms with Gasteiger partial charge in [0, 0.05) is 12.6 Å². The van der Waals surface area contributed by atoms with E-state index in [0.717, 1.165) is 12.8 Å². The second-order valence-corrected chi connectivity index (χ2v) is 6.09. The summed E-state index contributed by atoms with van der Waals surface area (Å²) >= 11 is 0. The van der Waals surface area contributed by atoms with Gasteiger partial charge in [-0.15, -0.1) is 0 Å². The van der Waals surface area contributed by atoms with Crippen molar-refractivity contribution in [2.45, 2.75) is 31.9 Å². The van der Waals surface area contributed by atoms with Crippen molar-refractivity contribution < 1.29 is 9.53 Å². The number of H-pyrrole nitrogens is 1. The van der Waals surface area contributed by atoms with Gasteiger partial charge in [0.2, 0.25) is 0 Å². The summed E-state index contributed by atoms with van der Waals surface area (Å²) < 4.78 is 5.88. The molecular formula is C18H21N3O3. The lowest BCUT2D eigenvalue weighted by Crippen LogP contribution is -2.51. The van der Waals surface area contributed by atoms with Gasteiger partial charge in [0.05, 0.1) is 18.8 Å². The number of hydrogen-bond donors (Lipinski definition) is 1. The number of aryl methyl sites for hydroxylation is 1. The minimum Gasteiger partial charge on any atom is -0.374 e. The third-order valence-electron chi connectivity index (χ3n) is 4.26. The van der Waals surface area contributed by atoms with Crippen LogP contribution in [0.3, 0.4) is 0 Å². The predicted molar refractivity (Wildman–Crippen MR) is 89.9 cm³/mol. The van der Waals surface area contributed by atoms with Gasteiger partial charge in [0.1, 0.15) is 5.69 Å². The zero-order chi connectivity index (χ0) is 16.9. The van der Waals surface area contributed by atoms with E-state index in [1.165, 1.54) is 17.7 Å². The molecule has 3 rings (SSSR count). The minimum absolute atomic E-state index is 0.00752. The fraction of sp³-hybridized carbons (Fsp3) is 0.389. The van der Waals surface area contributed by atoms with Gasteiger partial charge in [-0.05, 0) is 31.4 Å². The first-order chi connectivity index (χ1) is 11.6. The van der Waals surface area contributed by atoms with Crippen molar-refractivity contribution in [1.29, 1.82) is 0 Å². The largest absolute Gasteiger partial charge is 0.374 e. The summed E-state index contributed by atoms with van der Waals surface area (Å²) in [6, 6.07) is 13.0. The van der Waals surface area contributed by atoms with Gasteiger partial charge in [-0.3, -0.25) is 9.59 Å². The van der Waals surface area contributed by atoms with E-state index < -0.39 is 0 Å². The number of carbonyl (C=O) groups is 1. The van der Waals surface area contributed by atoms with Crippen LogP contribution in [0.25, 0.3) is 0 Å². The third kappa shape index (κ3) is 3.89. The number of aromatic amines is 1. The molecule has 24 heavy (non-hydrogen) atoms. The molecular weight excluding hydrogens is 306 g/mol. The zero-order valence-electron chi connectivity index (χ0n) is 13.6. The molecule has 6 heteroatoms. The first-order valence-electron chi connectivity index (χ1n) is 8.15. The number of aromatic nitrogens is 2. The van der Waals surface area contributed by atoms with Gasteiger partial charge in [0.15, 0.2) is 0 Å². The number of ether oxygens (including phenoxy) is 1. The predicted octanol–water partition coefficient (Wildman–Crippen LogP) is 1.63. The maximum absolute atomic E-state index is 12.6. The number of nitrogens with one attached hydrogen (secondary N) is 1. The minimum atomic E-state index is -0.317. The molecule has 0 radical (unpaired) electrons. The zero-order valence-corrected chi connectivity index (χ0v) is 13.6. The van der Waals surface area contributed by atoms with Crippen LogP contribution in [0.5, 0.6) is 0 Å². The Kier molecular flexibility index (Phi) is 5.05. The molecule has 2 unspecified atom stereocenters. The molecule has 0 spiro atoms. The van der Waals surface area contributed by atoms with Crippen LogP contribution in [0.4, 0.5) is 0 Å². The number of nitrogens with zero attached hydrogens (tertiary/aromatic N) is 2. The van der Waals surface area contributed by atoms with Gasteiger partial charge in [-0.1, -0.05) is 30.3 Å². The maximum atomic E-state index is 12.6. The Morgan fingerprint density at radius 1 is 1.29 bits per heavy atom. The molecule has 1 aromatic carbocycles. The van der Waals surface area contributed by atoms with Crippen molar-refractivity contribution >= 4 is 5.91 Å². The van der Waals surface area contributed by atoms with Crippen LogP contribution in [0, 0.1) is 0 Å². The number of hydrogen-bond acceptors (Lipinski definition) is 4. The van der Waals surface area contributed by atoms with E-state index in [2.05, 4.69) is 22.3 Å². The van der Waals surface area contributed by atoms with Crippen molar-refractivity contribution in [2.24, 2.45) is 0 Å². The standard InChI is InChI=1S/C18H21N3O3/c1-13-12-24-15(8-7-14-5-3-2-4-6-14)11-21(13)18(23)16-9-10-17(22)20-19-16/h2-6,9-10,13,15H,7-8,11-12H2,1H3,(H,20,22). The van der Waals surface area contributed by atoms with E-state index in [-0.39, 0.29) is 29.3 Å². The Morgan fingerprint density at radius 2 is 2.08 bits per heavy atom. The summed E-state index contributed by atoms with van der Waals surface area (Å²) in [6.45, 7) is 3.00. The first-order valence-corrected chi connectivity index (χ1v) is 8.15. The highest BCUT2D eigenvalue weighted by molar-refractivity contribution is 5.92. The molecule has 1 N–H and O–H groups in total. The number of rotatable bonds is 4. The van der Waals surface area contributed by atoms with Crippen LogP contribution >= 0.6 is 0 Å². The molecule has 6 nitrogen and oxygen atoms in total. The van der Waals surface area contributed by atoms with Crippen LogP contribution in [-0.2, 0) is 11.2 Å². The number of amides is 1. The number of carbonyl (C=O) groups excluding carboxylic acids is 1. The molecule has 2 heterocycles. The summed E-state index contributed by atoms with van der Waals surface area (Å²) in [5, 5.41) is 6.15. The lowest BCUT2D eigenvalue weighted by Gasteiger charge is -2.38. The molecule has 1 saturated heterocycles.